The first-order chi connectivity index (χ1) is 12.3. The van der Waals surface area contributed by atoms with Crippen molar-refractivity contribution in [1.29, 1.82) is 0 Å². The number of carbonyl (C=O) groups excluding carboxylic acids is 2. The summed E-state index contributed by atoms with van der Waals surface area (Å²) < 4.78 is 24.4. The molecular formula is C18H23N3O4S. The van der Waals surface area contributed by atoms with Gasteiger partial charge in [-0.25, -0.2) is 12.7 Å². The third kappa shape index (κ3) is 5.31. The highest BCUT2D eigenvalue weighted by Crippen LogP contribution is 2.19. The molecule has 1 aromatic rings. The van der Waals surface area contributed by atoms with Crippen molar-refractivity contribution < 1.29 is 18.0 Å². The fraction of sp³-hybridized carbons (Fsp3) is 0.444. The molecule has 0 saturated carbocycles. The quantitative estimate of drug-likeness (QED) is 0.732. The third-order valence-electron chi connectivity index (χ3n) is 4.27. The lowest BCUT2D eigenvalue weighted by Crippen LogP contribution is -2.42. The summed E-state index contributed by atoms with van der Waals surface area (Å²) in [7, 11) is -1.64. The van der Waals surface area contributed by atoms with Gasteiger partial charge in [-0.1, -0.05) is 24.0 Å². The van der Waals surface area contributed by atoms with Gasteiger partial charge in [0.05, 0.1) is 18.4 Å². The van der Waals surface area contributed by atoms with Crippen LogP contribution in [0.5, 0.6) is 0 Å². The Labute approximate surface area is 154 Å². The van der Waals surface area contributed by atoms with Gasteiger partial charge in [-0.3, -0.25) is 9.59 Å². The molecule has 1 aromatic carbocycles. The molecule has 0 radical (unpaired) electrons. The van der Waals surface area contributed by atoms with Crippen LogP contribution in [0.15, 0.2) is 24.3 Å². The van der Waals surface area contributed by atoms with Crippen molar-refractivity contribution in [2.75, 3.05) is 32.9 Å². The Kier molecular flexibility index (Phi) is 6.77. The first-order valence-corrected chi connectivity index (χ1v) is 10.2. The van der Waals surface area contributed by atoms with Gasteiger partial charge in [0, 0.05) is 31.6 Å². The maximum Gasteiger partial charge on any atom is 0.252 e. The summed E-state index contributed by atoms with van der Waals surface area (Å²) >= 11 is 0. The Balaban J connectivity index is 1.87. The van der Waals surface area contributed by atoms with E-state index in [0.717, 1.165) is 0 Å². The van der Waals surface area contributed by atoms with E-state index in [9.17, 15) is 18.0 Å². The lowest BCUT2D eigenvalue weighted by Gasteiger charge is -2.29. The second-order valence-corrected chi connectivity index (χ2v) is 8.06. The number of rotatable bonds is 4. The Morgan fingerprint density at radius 2 is 1.88 bits per heavy atom. The smallest absolute Gasteiger partial charge is 0.252 e. The molecule has 0 unspecified atom stereocenters. The van der Waals surface area contributed by atoms with Gasteiger partial charge in [-0.2, -0.15) is 0 Å². The van der Waals surface area contributed by atoms with Crippen LogP contribution in [0, 0.1) is 17.8 Å². The van der Waals surface area contributed by atoms with Crippen LogP contribution < -0.4 is 10.6 Å². The molecule has 7 nitrogen and oxygen atoms in total. The molecule has 0 spiro atoms. The minimum Gasteiger partial charge on any atom is -0.355 e. The number of benzene rings is 1. The van der Waals surface area contributed by atoms with E-state index in [4.69, 9.17) is 0 Å². The molecule has 1 heterocycles. The summed E-state index contributed by atoms with van der Waals surface area (Å²) in [6, 6.07) is 7.00. The summed E-state index contributed by atoms with van der Waals surface area (Å²) in [6.45, 7) is 0.900. The molecule has 0 aromatic heterocycles. The number of nitrogens with one attached hydrogen (secondary N) is 2. The van der Waals surface area contributed by atoms with Crippen molar-refractivity contribution in [2.45, 2.75) is 12.8 Å². The lowest BCUT2D eigenvalue weighted by atomic mass is 9.97. The fourth-order valence-corrected chi connectivity index (χ4v) is 3.66. The molecule has 2 N–H and O–H groups in total. The second kappa shape index (κ2) is 8.83. The predicted molar refractivity (Wildman–Crippen MR) is 98.9 cm³/mol. The zero-order valence-corrected chi connectivity index (χ0v) is 15.7. The Morgan fingerprint density at radius 3 is 2.50 bits per heavy atom. The van der Waals surface area contributed by atoms with Crippen LogP contribution in [0.4, 0.5) is 0 Å². The van der Waals surface area contributed by atoms with Crippen LogP contribution in [-0.2, 0) is 14.8 Å². The highest BCUT2D eigenvalue weighted by molar-refractivity contribution is 7.88. The van der Waals surface area contributed by atoms with Gasteiger partial charge >= 0.3 is 0 Å². The van der Waals surface area contributed by atoms with Crippen molar-refractivity contribution in [2.24, 2.45) is 5.92 Å². The summed E-state index contributed by atoms with van der Waals surface area (Å²) in [5, 5.41) is 5.32. The van der Waals surface area contributed by atoms with E-state index in [2.05, 4.69) is 22.5 Å². The lowest BCUT2D eigenvalue weighted by molar-refractivity contribution is -0.125. The van der Waals surface area contributed by atoms with Crippen LogP contribution in [0.25, 0.3) is 0 Å². The van der Waals surface area contributed by atoms with Crippen molar-refractivity contribution >= 4 is 21.8 Å². The minimum atomic E-state index is -3.19. The Hall–Kier alpha value is -2.37. The van der Waals surface area contributed by atoms with E-state index in [-0.39, 0.29) is 24.3 Å². The van der Waals surface area contributed by atoms with E-state index in [1.165, 1.54) is 10.6 Å². The van der Waals surface area contributed by atoms with Crippen molar-refractivity contribution in [3.05, 3.63) is 35.4 Å². The Bertz CT molecular complexity index is 831. The molecule has 2 amide bonds. The summed E-state index contributed by atoms with van der Waals surface area (Å²) in [5.41, 5.74) is 1.09. The number of carbonyl (C=O) groups is 2. The molecule has 1 aliphatic heterocycles. The van der Waals surface area contributed by atoms with E-state index < -0.39 is 10.0 Å². The average molecular weight is 377 g/mol. The zero-order chi connectivity index (χ0) is 19.2. The topological polar surface area (TPSA) is 95.6 Å². The van der Waals surface area contributed by atoms with Crippen LogP contribution in [0.3, 0.4) is 0 Å². The van der Waals surface area contributed by atoms with Gasteiger partial charge in [0.1, 0.15) is 0 Å². The summed E-state index contributed by atoms with van der Waals surface area (Å²) in [5.74, 6) is 5.23. The minimum absolute atomic E-state index is 0.118. The molecule has 140 valence electrons. The number of hydrogen-bond acceptors (Lipinski definition) is 4. The standard InChI is InChI=1S/C18H23N3O4S/c1-19-18(23)16-8-4-3-6-14(16)7-5-11-20-17(22)15-9-12-21(13-10-15)26(2,24)25/h3-4,6,8,15H,9-13H2,1-2H3,(H,19,23)(H,20,22). The number of sulfonamides is 1. The predicted octanol–water partition coefficient (Wildman–Crippen LogP) is 0.186. The highest BCUT2D eigenvalue weighted by atomic mass is 32.2. The number of hydrogen-bond donors (Lipinski definition) is 2. The van der Waals surface area contributed by atoms with Gasteiger partial charge in [0.2, 0.25) is 15.9 Å². The van der Waals surface area contributed by atoms with Crippen molar-refractivity contribution in [3.8, 4) is 11.8 Å². The molecule has 0 aliphatic carbocycles. The first kappa shape index (κ1) is 19.9. The van der Waals surface area contributed by atoms with Gasteiger partial charge < -0.3 is 10.6 Å². The Morgan fingerprint density at radius 1 is 1.23 bits per heavy atom. The number of amides is 2. The van der Waals surface area contributed by atoms with E-state index >= 15 is 0 Å². The SMILES string of the molecule is CNC(=O)c1ccccc1C#CCNC(=O)C1CCN(S(C)(=O)=O)CC1. The monoisotopic (exact) mass is 377 g/mol. The molecule has 2 rings (SSSR count). The van der Waals surface area contributed by atoms with Gasteiger partial charge in [-0.15, -0.1) is 0 Å². The molecular weight excluding hydrogens is 354 g/mol. The van der Waals surface area contributed by atoms with Gasteiger partial charge in [0.15, 0.2) is 0 Å². The van der Waals surface area contributed by atoms with Gasteiger partial charge in [0.25, 0.3) is 5.91 Å². The first-order valence-electron chi connectivity index (χ1n) is 8.35. The van der Waals surface area contributed by atoms with Crippen LogP contribution >= 0.6 is 0 Å². The van der Waals surface area contributed by atoms with Crippen LogP contribution in [-0.4, -0.2) is 57.5 Å². The molecule has 1 fully saturated rings. The number of nitrogens with zero attached hydrogens (tertiary/aromatic N) is 1. The normalized spacial score (nSPS) is 15.6. The second-order valence-electron chi connectivity index (χ2n) is 6.08. The summed E-state index contributed by atoms with van der Waals surface area (Å²) in [4.78, 5) is 24.0. The van der Waals surface area contributed by atoms with Crippen LogP contribution in [0.1, 0.15) is 28.8 Å². The fourth-order valence-electron chi connectivity index (χ4n) is 2.79. The van der Waals surface area contributed by atoms with Crippen LogP contribution in [0.2, 0.25) is 0 Å². The largest absolute Gasteiger partial charge is 0.355 e. The third-order valence-corrected chi connectivity index (χ3v) is 5.57. The maximum absolute atomic E-state index is 12.2. The zero-order valence-electron chi connectivity index (χ0n) is 14.9. The molecule has 8 heteroatoms. The number of piperidine rings is 1. The van der Waals surface area contributed by atoms with Gasteiger partial charge in [-0.05, 0) is 25.0 Å². The van der Waals surface area contributed by atoms with E-state index in [1.807, 2.05) is 0 Å². The highest BCUT2D eigenvalue weighted by Gasteiger charge is 2.28. The average Bonchev–Trinajstić information content (AvgIpc) is 2.64. The maximum atomic E-state index is 12.2. The molecule has 1 saturated heterocycles. The molecule has 0 atom stereocenters. The van der Waals surface area contributed by atoms with Crippen molar-refractivity contribution in [1.82, 2.24) is 14.9 Å². The molecule has 26 heavy (non-hydrogen) atoms. The molecule has 0 bridgehead atoms. The van der Waals surface area contributed by atoms with Crippen molar-refractivity contribution in [3.63, 3.8) is 0 Å². The molecule has 1 aliphatic rings. The summed E-state index contributed by atoms with van der Waals surface area (Å²) in [6.07, 6.45) is 2.19. The van der Waals surface area contributed by atoms with E-state index in [0.29, 0.717) is 37.1 Å². The van der Waals surface area contributed by atoms with E-state index in [1.54, 1.807) is 31.3 Å².